The van der Waals surface area contributed by atoms with Crippen LogP contribution in [0, 0.1) is 11.3 Å². The molecule has 0 N–H and O–H groups in total. The number of nitrogens with zero attached hydrogens (tertiary/aromatic N) is 2. The molecular formula is C24H36N2O3. The molecule has 1 aromatic rings. The molecule has 0 bridgehead atoms. The summed E-state index contributed by atoms with van der Waals surface area (Å²) in [4.78, 5) is 29.3. The highest BCUT2D eigenvalue weighted by Gasteiger charge is 2.38. The lowest BCUT2D eigenvalue weighted by Crippen LogP contribution is -2.50. The monoisotopic (exact) mass is 400 g/mol. The van der Waals surface area contributed by atoms with E-state index >= 15 is 0 Å². The van der Waals surface area contributed by atoms with Crippen LogP contribution in [0.5, 0.6) is 5.75 Å². The maximum atomic E-state index is 13.0. The molecule has 1 atom stereocenters. The SMILES string of the molecule is CC(C)C(=O)N1CCC2(CCCCc3ccccc3O[C@H](C)C(=O)N(C)C2)CC1. The second kappa shape index (κ2) is 9.19. The second-order valence-electron chi connectivity index (χ2n) is 9.25. The molecule has 1 fully saturated rings. The Morgan fingerprint density at radius 2 is 1.83 bits per heavy atom. The first kappa shape index (κ1) is 21.7. The van der Waals surface area contributed by atoms with Crippen molar-refractivity contribution < 1.29 is 14.3 Å². The third-order valence-electron chi connectivity index (χ3n) is 6.61. The molecule has 0 aromatic heterocycles. The first-order chi connectivity index (χ1) is 13.8. The summed E-state index contributed by atoms with van der Waals surface area (Å²) < 4.78 is 6.06. The summed E-state index contributed by atoms with van der Waals surface area (Å²) in [5, 5.41) is 0. The summed E-state index contributed by atoms with van der Waals surface area (Å²) in [6.45, 7) is 8.12. The fourth-order valence-corrected chi connectivity index (χ4v) is 4.83. The number of ether oxygens (including phenoxy) is 1. The maximum absolute atomic E-state index is 13.0. The van der Waals surface area contributed by atoms with Crippen molar-refractivity contribution >= 4 is 11.8 Å². The minimum atomic E-state index is -0.500. The Balaban J connectivity index is 1.75. The number of benzene rings is 1. The summed E-state index contributed by atoms with van der Waals surface area (Å²) in [6.07, 6.45) is 5.75. The largest absolute Gasteiger partial charge is 0.481 e. The molecule has 2 heterocycles. The normalized spacial score (nSPS) is 23.2. The third kappa shape index (κ3) is 5.12. The van der Waals surface area contributed by atoms with Crippen LogP contribution in [-0.4, -0.2) is 54.4 Å². The average molecular weight is 401 g/mol. The molecule has 1 saturated heterocycles. The van der Waals surface area contributed by atoms with Crippen molar-refractivity contribution in [2.24, 2.45) is 11.3 Å². The zero-order chi connectivity index (χ0) is 21.0. The smallest absolute Gasteiger partial charge is 0.263 e. The third-order valence-corrected chi connectivity index (χ3v) is 6.61. The molecule has 2 amide bonds. The number of rotatable bonds is 1. The van der Waals surface area contributed by atoms with Crippen LogP contribution in [0.4, 0.5) is 0 Å². The molecule has 5 heteroatoms. The fourth-order valence-electron chi connectivity index (χ4n) is 4.83. The van der Waals surface area contributed by atoms with E-state index in [2.05, 4.69) is 6.07 Å². The highest BCUT2D eigenvalue weighted by molar-refractivity contribution is 5.81. The summed E-state index contributed by atoms with van der Waals surface area (Å²) in [6, 6.07) is 8.07. The van der Waals surface area contributed by atoms with Crippen LogP contribution in [0.3, 0.4) is 0 Å². The summed E-state index contributed by atoms with van der Waals surface area (Å²) in [5.41, 5.74) is 1.28. The van der Waals surface area contributed by atoms with Crippen LogP contribution >= 0.6 is 0 Å². The molecule has 3 rings (SSSR count). The molecule has 1 aromatic carbocycles. The van der Waals surface area contributed by atoms with Gasteiger partial charge < -0.3 is 14.5 Å². The van der Waals surface area contributed by atoms with Gasteiger partial charge in [0.25, 0.3) is 5.91 Å². The van der Waals surface area contributed by atoms with E-state index in [1.807, 2.05) is 55.8 Å². The number of aryl methyl sites for hydroxylation is 1. The first-order valence-electron chi connectivity index (χ1n) is 11.1. The molecule has 29 heavy (non-hydrogen) atoms. The van der Waals surface area contributed by atoms with Crippen molar-refractivity contribution in [2.75, 3.05) is 26.7 Å². The Morgan fingerprint density at radius 3 is 2.52 bits per heavy atom. The summed E-state index contributed by atoms with van der Waals surface area (Å²) >= 11 is 0. The fraction of sp³-hybridized carbons (Fsp3) is 0.667. The zero-order valence-corrected chi connectivity index (χ0v) is 18.4. The van der Waals surface area contributed by atoms with E-state index in [1.54, 1.807) is 0 Å². The van der Waals surface area contributed by atoms with Gasteiger partial charge in [0.15, 0.2) is 6.10 Å². The number of carbonyl (C=O) groups excluding carboxylic acids is 2. The molecule has 0 saturated carbocycles. The molecule has 0 aliphatic carbocycles. The lowest BCUT2D eigenvalue weighted by Gasteiger charge is -2.45. The predicted octanol–water partition coefficient (Wildman–Crippen LogP) is 3.90. The van der Waals surface area contributed by atoms with E-state index in [9.17, 15) is 9.59 Å². The molecular weight excluding hydrogens is 364 g/mol. The lowest BCUT2D eigenvalue weighted by atomic mass is 9.73. The van der Waals surface area contributed by atoms with Gasteiger partial charge >= 0.3 is 0 Å². The van der Waals surface area contributed by atoms with Gasteiger partial charge in [-0.3, -0.25) is 9.59 Å². The quantitative estimate of drug-likeness (QED) is 0.718. The molecule has 1 spiro atoms. The van der Waals surface area contributed by atoms with Crippen LogP contribution in [0.15, 0.2) is 24.3 Å². The number of likely N-dealkylation sites (tertiary alicyclic amines) is 1. The summed E-state index contributed by atoms with van der Waals surface area (Å²) in [5.74, 6) is 1.15. The van der Waals surface area contributed by atoms with Gasteiger partial charge in [-0.2, -0.15) is 0 Å². The van der Waals surface area contributed by atoms with Gasteiger partial charge in [-0.15, -0.1) is 0 Å². The number of likely N-dealkylation sites (N-methyl/N-ethyl adjacent to an activating group) is 1. The molecule has 5 nitrogen and oxygen atoms in total. The van der Waals surface area contributed by atoms with E-state index in [-0.39, 0.29) is 23.1 Å². The number of hydrogen-bond acceptors (Lipinski definition) is 3. The topological polar surface area (TPSA) is 49.9 Å². The minimum Gasteiger partial charge on any atom is -0.481 e. The van der Waals surface area contributed by atoms with Crippen LogP contribution in [0.25, 0.3) is 0 Å². The zero-order valence-electron chi connectivity index (χ0n) is 18.4. The standard InChI is InChI=1S/C24H36N2O3/c1-18(2)22(27)26-15-13-24(14-16-26)12-8-7-10-20-9-5-6-11-21(20)29-19(3)23(28)25(4)17-24/h5-6,9,11,18-19H,7-8,10,12-17H2,1-4H3/t19-/m1/s1. The average Bonchev–Trinajstić information content (AvgIpc) is 2.71. The lowest BCUT2D eigenvalue weighted by molar-refractivity contribution is -0.141. The van der Waals surface area contributed by atoms with Crippen LogP contribution in [-0.2, 0) is 16.0 Å². The number of para-hydroxylation sites is 1. The van der Waals surface area contributed by atoms with Crippen LogP contribution < -0.4 is 4.74 Å². The van der Waals surface area contributed by atoms with Gasteiger partial charge in [-0.25, -0.2) is 0 Å². The number of fused-ring (bicyclic) bond motifs is 1. The van der Waals surface area contributed by atoms with Crippen LogP contribution in [0.2, 0.25) is 0 Å². The van der Waals surface area contributed by atoms with E-state index in [0.717, 1.165) is 63.9 Å². The van der Waals surface area contributed by atoms with Crippen molar-refractivity contribution in [2.45, 2.75) is 65.4 Å². The number of amides is 2. The van der Waals surface area contributed by atoms with Gasteiger partial charge in [0.2, 0.25) is 5.91 Å². The van der Waals surface area contributed by atoms with Crippen molar-refractivity contribution in [3.63, 3.8) is 0 Å². The Morgan fingerprint density at radius 1 is 1.14 bits per heavy atom. The van der Waals surface area contributed by atoms with E-state index in [0.29, 0.717) is 0 Å². The maximum Gasteiger partial charge on any atom is 0.263 e. The molecule has 2 aliphatic heterocycles. The van der Waals surface area contributed by atoms with E-state index < -0.39 is 6.10 Å². The molecule has 2 aliphatic rings. The Kier molecular flexibility index (Phi) is 6.86. The van der Waals surface area contributed by atoms with Gasteiger partial charge in [0.1, 0.15) is 5.75 Å². The van der Waals surface area contributed by atoms with Gasteiger partial charge in [0.05, 0.1) is 0 Å². The van der Waals surface area contributed by atoms with Crippen molar-refractivity contribution in [1.29, 1.82) is 0 Å². The number of hydrogen-bond donors (Lipinski definition) is 0. The van der Waals surface area contributed by atoms with Crippen molar-refractivity contribution in [3.05, 3.63) is 29.8 Å². The first-order valence-corrected chi connectivity index (χ1v) is 11.1. The Bertz CT molecular complexity index is 723. The Labute approximate surface area is 175 Å². The van der Waals surface area contributed by atoms with Gasteiger partial charge in [-0.1, -0.05) is 38.5 Å². The molecule has 0 radical (unpaired) electrons. The predicted molar refractivity (Wildman–Crippen MR) is 115 cm³/mol. The van der Waals surface area contributed by atoms with Crippen molar-refractivity contribution in [1.82, 2.24) is 9.80 Å². The summed E-state index contributed by atoms with van der Waals surface area (Å²) in [7, 11) is 1.90. The molecule has 160 valence electrons. The van der Waals surface area contributed by atoms with Crippen LogP contribution in [0.1, 0.15) is 58.4 Å². The van der Waals surface area contributed by atoms with Gasteiger partial charge in [-0.05, 0) is 56.1 Å². The number of carbonyl (C=O) groups is 2. The highest BCUT2D eigenvalue weighted by Crippen LogP contribution is 2.38. The van der Waals surface area contributed by atoms with Gasteiger partial charge in [0, 0.05) is 32.6 Å². The second-order valence-corrected chi connectivity index (χ2v) is 9.25. The Hall–Kier alpha value is -2.04. The van der Waals surface area contributed by atoms with E-state index in [1.165, 1.54) is 5.56 Å². The van der Waals surface area contributed by atoms with Crippen molar-refractivity contribution in [3.8, 4) is 5.75 Å². The number of piperidine rings is 1. The van der Waals surface area contributed by atoms with E-state index in [4.69, 9.17) is 4.74 Å². The minimum absolute atomic E-state index is 0.0282. The molecule has 0 unspecified atom stereocenters. The highest BCUT2D eigenvalue weighted by atomic mass is 16.5.